The zero-order valence-corrected chi connectivity index (χ0v) is 12.1. The molecule has 5 nitrogen and oxygen atoms in total. The highest BCUT2D eigenvalue weighted by Gasteiger charge is 2.13. The summed E-state index contributed by atoms with van der Waals surface area (Å²) in [5.41, 5.74) is 1.11. The largest absolute Gasteiger partial charge is 0.475 e. The average molecular weight is 268 g/mol. The van der Waals surface area contributed by atoms with Crippen LogP contribution < -0.4 is 9.64 Å². The second-order valence-electron chi connectivity index (χ2n) is 4.01. The minimum absolute atomic E-state index is 0.00249. The molecule has 0 bridgehead atoms. The summed E-state index contributed by atoms with van der Waals surface area (Å²) in [4.78, 5) is 6.61. The average Bonchev–Trinajstić information content (AvgIpc) is 2.47. The number of ether oxygens (including phenoxy) is 2. The maximum absolute atomic E-state index is 8.74. The molecule has 1 aliphatic rings. The predicted octanol–water partition coefficient (Wildman–Crippen LogP) is 1.62. The van der Waals surface area contributed by atoms with Crippen molar-refractivity contribution >= 4 is 5.82 Å². The van der Waals surface area contributed by atoms with E-state index in [1.807, 2.05) is 32.9 Å². The normalized spacial score (nSPS) is 14.6. The maximum Gasteiger partial charge on any atom is 0.215 e. The lowest BCUT2D eigenvalue weighted by atomic mass is 10.2. The first-order chi connectivity index (χ1) is 9.29. The van der Waals surface area contributed by atoms with Gasteiger partial charge in [0, 0.05) is 19.2 Å². The van der Waals surface area contributed by atoms with Crippen molar-refractivity contribution in [3.8, 4) is 5.88 Å². The minimum Gasteiger partial charge on any atom is -0.475 e. The van der Waals surface area contributed by atoms with Crippen molar-refractivity contribution in [2.24, 2.45) is 0 Å². The van der Waals surface area contributed by atoms with E-state index in [0.29, 0.717) is 5.88 Å². The van der Waals surface area contributed by atoms with Crippen molar-refractivity contribution in [3.05, 3.63) is 17.7 Å². The van der Waals surface area contributed by atoms with Gasteiger partial charge in [-0.2, -0.15) is 4.98 Å². The van der Waals surface area contributed by atoms with Crippen LogP contribution in [0.4, 0.5) is 5.82 Å². The molecule has 1 aliphatic heterocycles. The van der Waals surface area contributed by atoms with Gasteiger partial charge >= 0.3 is 0 Å². The van der Waals surface area contributed by atoms with E-state index < -0.39 is 0 Å². The molecule has 108 valence electrons. The first kappa shape index (κ1) is 15.7. The van der Waals surface area contributed by atoms with Crippen LogP contribution in [0.2, 0.25) is 0 Å². The van der Waals surface area contributed by atoms with E-state index in [0.717, 1.165) is 37.7 Å². The first-order valence-electron chi connectivity index (χ1n) is 6.84. The van der Waals surface area contributed by atoms with Crippen molar-refractivity contribution in [1.29, 1.82) is 0 Å². The summed E-state index contributed by atoms with van der Waals surface area (Å²) < 4.78 is 10.7. The Labute approximate surface area is 115 Å². The van der Waals surface area contributed by atoms with E-state index in [-0.39, 0.29) is 13.2 Å². The number of aromatic nitrogens is 1. The van der Waals surface area contributed by atoms with Gasteiger partial charge in [0.05, 0.1) is 19.8 Å². The lowest BCUT2D eigenvalue weighted by Gasteiger charge is -2.28. The molecule has 0 unspecified atom stereocenters. The second kappa shape index (κ2) is 8.72. The van der Waals surface area contributed by atoms with Crippen molar-refractivity contribution in [2.45, 2.75) is 20.8 Å². The summed E-state index contributed by atoms with van der Waals surface area (Å²) in [5, 5.41) is 8.74. The molecule has 1 aromatic rings. The van der Waals surface area contributed by atoms with E-state index in [4.69, 9.17) is 14.6 Å². The smallest absolute Gasteiger partial charge is 0.215 e. The number of hydrogen-bond acceptors (Lipinski definition) is 5. The Hall–Kier alpha value is -1.33. The Morgan fingerprint density at radius 2 is 2.00 bits per heavy atom. The van der Waals surface area contributed by atoms with Gasteiger partial charge in [-0.15, -0.1) is 0 Å². The molecule has 2 rings (SSSR count). The highest BCUT2D eigenvalue weighted by molar-refractivity contribution is 5.44. The third kappa shape index (κ3) is 5.04. The van der Waals surface area contributed by atoms with Gasteiger partial charge in [-0.1, -0.05) is 13.8 Å². The van der Waals surface area contributed by atoms with Crippen LogP contribution in [0, 0.1) is 6.92 Å². The number of morpholine rings is 1. The summed E-state index contributed by atoms with van der Waals surface area (Å²) in [6, 6.07) is 3.91. The molecule has 1 aromatic heterocycles. The number of rotatable bonds is 4. The zero-order chi connectivity index (χ0) is 14.1. The molecule has 0 atom stereocenters. The van der Waals surface area contributed by atoms with Gasteiger partial charge in [0.1, 0.15) is 12.4 Å². The van der Waals surface area contributed by atoms with Crippen LogP contribution in [0.3, 0.4) is 0 Å². The predicted molar refractivity (Wildman–Crippen MR) is 75.9 cm³/mol. The molecular formula is C14H24N2O3. The molecule has 2 heterocycles. The van der Waals surface area contributed by atoms with E-state index >= 15 is 0 Å². The third-order valence-electron chi connectivity index (χ3n) is 2.61. The fraction of sp³-hybridized carbons (Fsp3) is 0.643. The molecule has 0 saturated carbocycles. The van der Waals surface area contributed by atoms with Gasteiger partial charge in [-0.3, -0.25) is 0 Å². The minimum atomic E-state index is 0.00249. The highest BCUT2D eigenvalue weighted by atomic mass is 16.5. The van der Waals surface area contributed by atoms with Crippen LogP contribution in [0.1, 0.15) is 19.4 Å². The Morgan fingerprint density at radius 3 is 2.63 bits per heavy atom. The van der Waals surface area contributed by atoms with Crippen LogP contribution in [-0.2, 0) is 4.74 Å². The van der Waals surface area contributed by atoms with Gasteiger partial charge in [0.25, 0.3) is 0 Å². The number of aliphatic hydroxyl groups excluding tert-OH is 1. The summed E-state index contributed by atoms with van der Waals surface area (Å²) in [6.45, 7) is 9.48. The third-order valence-corrected chi connectivity index (χ3v) is 2.61. The van der Waals surface area contributed by atoms with Crippen molar-refractivity contribution in [1.82, 2.24) is 4.98 Å². The quantitative estimate of drug-likeness (QED) is 0.899. The molecule has 1 N–H and O–H groups in total. The lowest BCUT2D eigenvalue weighted by Crippen LogP contribution is -2.36. The van der Waals surface area contributed by atoms with E-state index in [1.165, 1.54) is 0 Å². The molecule has 0 spiro atoms. The molecular weight excluding hydrogens is 244 g/mol. The van der Waals surface area contributed by atoms with Crippen LogP contribution >= 0.6 is 0 Å². The Balaban J connectivity index is 0.000000861. The second-order valence-corrected chi connectivity index (χ2v) is 4.01. The Morgan fingerprint density at radius 1 is 1.32 bits per heavy atom. The van der Waals surface area contributed by atoms with Gasteiger partial charge in [-0.25, -0.2) is 0 Å². The molecule has 19 heavy (non-hydrogen) atoms. The number of aryl methyl sites for hydroxylation is 1. The highest BCUT2D eigenvalue weighted by Crippen LogP contribution is 2.19. The number of anilines is 1. The van der Waals surface area contributed by atoms with Gasteiger partial charge < -0.3 is 19.5 Å². The maximum atomic E-state index is 8.74. The summed E-state index contributed by atoms with van der Waals surface area (Å²) >= 11 is 0. The number of pyridine rings is 1. The Bertz CT molecular complexity index is 366. The molecule has 0 aliphatic carbocycles. The lowest BCUT2D eigenvalue weighted by molar-refractivity contribution is 0.122. The van der Waals surface area contributed by atoms with E-state index in [1.54, 1.807) is 0 Å². The molecule has 1 saturated heterocycles. The van der Waals surface area contributed by atoms with Crippen molar-refractivity contribution in [2.75, 3.05) is 44.4 Å². The topological polar surface area (TPSA) is 54.8 Å². The summed E-state index contributed by atoms with van der Waals surface area (Å²) in [7, 11) is 0. The number of aliphatic hydroxyl groups is 1. The summed E-state index contributed by atoms with van der Waals surface area (Å²) in [6.07, 6.45) is 0. The standard InChI is InChI=1S/C12H18N2O3.C2H6/c1-10-8-11(14-2-5-16-6-3-14)13-12(9-10)17-7-4-15;1-2/h8-9,15H,2-7H2,1H3;1-2H3. The van der Waals surface area contributed by atoms with Gasteiger partial charge in [-0.05, 0) is 18.6 Å². The molecule has 1 fully saturated rings. The van der Waals surface area contributed by atoms with E-state index in [2.05, 4.69) is 9.88 Å². The number of hydrogen-bond donors (Lipinski definition) is 1. The van der Waals surface area contributed by atoms with Crippen LogP contribution in [0.25, 0.3) is 0 Å². The first-order valence-corrected chi connectivity index (χ1v) is 6.84. The van der Waals surface area contributed by atoms with Crippen molar-refractivity contribution < 1.29 is 14.6 Å². The van der Waals surface area contributed by atoms with Crippen molar-refractivity contribution in [3.63, 3.8) is 0 Å². The SMILES string of the molecule is CC.Cc1cc(OCCO)nc(N2CCOCC2)c1. The van der Waals surface area contributed by atoms with Gasteiger partial charge in [0.15, 0.2) is 0 Å². The summed E-state index contributed by atoms with van der Waals surface area (Å²) in [5.74, 6) is 1.49. The zero-order valence-electron chi connectivity index (χ0n) is 12.1. The monoisotopic (exact) mass is 268 g/mol. The fourth-order valence-corrected chi connectivity index (χ4v) is 1.80. The number of nitrogens with zero attached hydrogens (tertiary/aromatic N) is 2. The molecule has 0 amide bonds. The van der Waals surface area contributed by atoms with Crippen LogP contribution in [-0.4, -0.2) is 49.6 Å². The molecule has 0 radical (unpaired) electrons. The fourth-order valence-electron chi connectivity index (χ4n) is 1.80. The van der Waals surface area contributed by atoms with Gasteiger partial charge in [0.2, 0.25) is 5.88 Å². The van der Waals surface area contributed by atoms with Crippen LogP contribution in [0.5, 0.6) is 5.88 Å². The molecule has 5 heteroatoms. The Kier molecular flexibility index (Phi) is 7.22. The van der Waals surface area contributed by atoms with Crippen LogP contribution in [0.15, 0.2) is 12.1 Å². The van der Waals surface area contributed by atoms with E-state index in [9.17, 15) is 0 Å². The molecule has 0 aromatic carbocycles.